The van der Waals surface area contributed by atoms with Gasteiger partial charge in [0.25, 0.3) is 0 Å². The van der Waals surface area contributed by atoms with Crippen molar-refractivity contribution in [1.29, 1.82) is 5.26 Å². The molecule has 2 atom stereocenters. The first kappa shape index (κ1) is 24.5. The van der Waals surface area contributed by atoms with Crippen molar-refractivity contribution in [3.8, 4) is 17.2 Å². The lowest BCUT2D eigenvalue weighted by Crippen LogP contribution is -2.54. The number of nitrogens with zero attached hydrogens (tertiary/aromatic N) is 4. The molecule has 180 valence electrons. The second kappa shape index (κ2) is 9.93. The number of anilines is 1. The van der Waals surface area contributed by atoms with Crippen LogP contribution in [0.5, 0.6) is 0 Å². The minimum atomic E-state index is -0.769. The van der Waals surface area contributed by atoms with Crippen LogP contribution in [0.4, 0.5) is 5.69 Å². The number of rotatable bonds is 7. The number of carbonyl (C=O) groups excluding carboxylic acids is 1. The molecule has 35 heavy (non-hydrogen) atoms. The third-order valence-corrected chi connectivity index (χ3v) is 8.10. The molecule has 0 aliphatic carbocycles. The van der Waals surface area contributed by atoms with Gasteiger partial charge in [0.05, 0.1) is 17.6 Å². The maximum Gasteiger partial charge on any atom is 0.235 e. The van der Waals surface area contributed by atoms with E-state index in [1.54, 1.807) is 24.5 Å². The van der Waals surface area contributed by atoms with E-state index in [0.717, 1.165) is 29.1 Å². The number of aryl methyl sites for hydroxylation is 1. The van der Waals surface area contributed by atoms with Crippen molar-refractivity contribution in [2.24, 2.45) is 16.6 Å². The Bertz CT molecular complexity index is 1310. The second-order valence-corrected chi connectivity index (χ2v) is 10.0. The highest BCUT2D eigenvalue weighted by Crippen LogP contribution is 2.44. The van der Waals surface area contributed by atoms with E-state index >= 15 is 0 Å². The number of aliphatic imine (C=N–C) groups is 1. The lowest BCUT2D eigenvalue weighted by Gasteiger charge is -2.40. The fourth-order valence-electron chi connectivity index (χ4n) is 4.78. The maximum absolute atomic E-state index is 13.5. The van der Waals surface area contributed by atoms with Crippen molar-refractivity contribution in [3.63, 3.8) is 0 Å². The number of hydrogen-bond acceptors (Lipinski definition) is 6. The zero-order valence-corrected chi connectivity index (χ0v) is 21.5. The summed E-state index contributed by atoms with van der Waals surface area (Å²) in [6.45, 7) is 7.85. The van der Waals surface area contributed by atoms with Crippen LogP contribution in [-0.2, 0) is 10.3 Å². The smallest absolute Gasteiger partial charge is 0.235 e. The second-order valence-electron chi connectivity index (χ2n) is 9.11. The normalized spacial score (nSPS) is 19.9. The molecule has 1 aliphatic rings. The number of nitriles is 1. The standard InChI is InChI=1S/C28H31N5OS/c1-5-33(24-12-7-6-9-19(24)2)14-13-23-26(34)32(4)27(30)31-28(23,3)25-16-22(18-35-25)21-11-8-10-20(15-21)17-29/h6-12,15-16,18,23H,5,13-14H2,1-4H3,(H2,30,31)/t23?,28-/m0/s1. The van der Waals surface area contributed by atoms with Crippen molar-refractivity contribution in [2.75, 3.05) is 25.0 Å². The lowest BCUT2D eigenvalue weighted by atomic mass is 9.79. The minimum Gasteiger partial charge on any atom is -0.372 e. The Labute approximate surface area is 211 Å². The average molecular weight is 486 g/mol. The van der Waals surface area contributed by atoms with Crippen LogP contribution in [0.3, 0.4) is 0 Å². The molecule has 0 spiro atoms. The average Bonchev–Trinajstić information content (AvgIpc) is 3.37. The van der Waals surface area contributed by atoms with Crippen LogP contribution in [0.25, 0.3) is 11.1 Å². The summed E-state index contributed by atoms with van der Waals surface area (Å²) in [5.41, 5.74) is 10.4. The summed E-state index contributed by atoms with van der Waals surface area (Å²) >= 11 is 1.58. The number of thiophene rings is 1. The van der Waals surface area contributed by atoms with Gasteiger partial charge >= 0.3 is 0 Å². The molecular formula is C28H31N5OS. The van der Waals surface area contributed by atoms with Gasteiger partial charge in [-0.3, -0.25) is 9.69 Å². The molecule has 0 saturated carbocycles. The fourth-order valence-corrected chi connectivity index (χ4v) is 5.86. The van der Waals surface area contributed by atoms with E-state index in [0.29, 0.717) is 12.0 Å². The highest BCUT2D eigenvalue weighted by Gasteiger charge is 2.47. The van der Waals surface area contributed by atoms with Crippen molar-refractivity contribution in [2.45, 2.75) is 32.7 Å². The van der Waals surface area contributed by atoms with Gasteiger partial charge in [0.15, 0.2) is 5.96 Å². The van der Waals surface area contributed by atoms with Crippen LogP contribution in [-0.4, -0.2) is 36.9 Å². The molecule has 0 radical (unpaired) electrons. The molecule has 0 bridgehead atoms. The van der Waals surface area contributed by atoms with E-state index in [4.69, 9.17) is 10.7 Å². The summed E-state index contributed by atoms with van der Waals surface area (Å²) in [7, 11) is 1.69. The number of hydrogen-bond donors (Lipinski definition) is 1. The lowest BCUT2D eigenvalue weighted by molar-refractivity contribution is -0.134. The van der Waals surface area contributed by atoms with Gasteiger partial charge in [-0.15, -0.1) is 11.3 Å². The molecule has 2 N–H and O–H groups in total. The summed E-state index contributed by atoms with van der Waals surface area (Å²) in [6, 6.07) is 20.2. The molecule has 6 nitrogen and oxygen atoms in total. The first-order valence-electron chi connectivity index (χ1n) is 11.8. The first-order valence-corrected chi connectivity index (χ1v) is 12.7. The third kappa shape index (κ3) is 4.67. The number of amides is 1. The van der Waals surface area contributed by atoms with Crippen LogP contribution in [0.2, 0.25) is 0 Å². The third-order valence-electron chi connectivity index (χ3n) is 6.95. The molecule has 2 heterocycles. The molecular weight excluding hydrogens is 454 g/mol. The van der Waals surface area contributed by atoms with Gasteiger partial charge in [0.2, 0.25) is 5.91 Å². The first-order chi connectivity index (χ1) is 16.8. The Hall–Kier alpha value is -3.63. The fraction of sp³-hybridized carbons (Fsp3) is 0.321. The molecule has 0 fully saturated rings. The Morgan fingerprint density at radius 3 is 2.69 bits per heavy atom. The minimum absolute atomic E-state index is 0.0118. The predicted octanol–water partition coefficient (Wildman–Crippen LogP) is 5.13. The zero-order valence-electron chi connectivity index (χ0n) is 20.7. The van der Waals surface area contributed by atoms with Gasteiger partial charge in [0.1, 0.15) is 5.54 Å². The molecule has 4 rings (SSSR count). The summed E-state index contributed by atoms with van der Waals surface area (Å²) in [4.78, 5) is 23.2. The molecule has 1 aliphatic heterocycles. The Morgan fingerprint density at radius 1 is 1.20 bits per heavy atom. The maximum atomic E-state index is 13.5. The van der Waals surface area contributed by atoms with Crippen LogP contribution in [0.15, 0.2) is 65.0 Å². The monoisotopic (exact) mass is 485 g/mol. The summed E-state index contributed by atoms with van der Waals surface area (Å²) < 4.78 is 0. The molecule has 1 amide bonds. The van der Waals surface area contributed by atoms with Crippen LogP contribution in [0.1, 0.15) is 36.3 Å². The van der Waals surface area contributed by atoms with E-state index in [1.807, 2.05) is 37.3 Å². The number of guanidine groups is 1. The Balaban J connectivity index is 1.67. The van der Waals surface area contributed by atoms with E-state index in [9.17, 15) is 10.1 Å². The van der Waals surface area contributed by atoms with Gasteiger partial charge in [-0.1, -0.05) is 30.3 Å². The highest BCUT2D eigenvalue weighted by molar-refractivity contribution is 7.10. The number of benzene rings is 2. The Morgan fingerprint density at radius 2 is 1.97 bits per heavy atom. The molecule has 1 unspecified atom stereocenters. The number of para-hydroxylation sites is 1. The molecule has 7 heteroatoms. The van der Waals surface area contributed by atoms with Gasteiger partial charge in [-0.25, -0.2) is 4.99 Å². The van der Waals surface area contributed by atoms with Crippen LogP contribution >= 0.6 is 11.3 Å². The Kier molecular flexibility index (Phi) is 6.95. The van der Waals surface area contributed by atoms with E-state index in [2.05, 4.69) is 48.4 Å². The van der Waals surface area contributed by atoms with Crippen molar-refractivity contribution < 1.29 is 4.79 Å². The number of nitrogens with two attached hydrogens (primary N) is 1. The molecule has 2 aromatic carbocycles. The SMILES string of the molecule is CCN(CCC1C(=O)N(C)C(N)=N[C@]1(C)c1cc(-c2cccc(C#N)c2)cs1)c1ccccc1C. The summed E-state index contributed by atoms with van der Waals surface area (Å²) in [6.07, 6.45) is 0.649. The van der Waals surface area contributed by atoms with E-state index < -0.39 is 5.54 Å². The largest absolute Gasteiger partial charge is 0.372 e. The number of carbonyl (C=O) groups is 1. The van der Waals surface area contributed by atoms with Gasteiger partial charge in [-0.2, -0.15) is 5.26 Å². The predicted molar refractivity (Wildman–Crippen MR) is 143 cm³/mol. The topological polar surface area (TPSA) is 85.7 Å². The highest BCUT2D eigenvalue weighted by atomic mass is 32.1. The van der Waals surface area contributed by atoms with E-state index in [1.165, 1.54) is 16.2 Å². The van der Waals surface area contributed by atoms with Gasteiger partial charge in [-0.05, 0) is 73.5 Å². The zero-order chi connectivity index (χ0) is 25.2. The molecule has 1 aromatic heterocycles. The van der Waals surface area contributed by atoms with E-state index in [-0.39, 0.29) is 17.8 Å². The van der Waals surface area contributed by atoms with Crippen molar-refractivity contribution in [3.05, 3.63) is 76.0 Å². The molecule has 3 aromatic rings. The van der Waals surface area contributed by atoms with Gasteiger partial charge < -0.3 is 10.6 Å². The quantitative estimate of drug-likeness (QED) is 0.503. The summed E-state index contributed by atoms with van der Waals surface area (Å²) in [5.74, 6) is -0.126. The summed E-state index contributed by atoms with van der Waals surface area (Å²) in [5, 5.41) is 11.3. The van der Waals surface area contributed by atoms with Crippen LogP contribution < -0.4 is 10.6 Å². The molecule has 0 saturated heterocycles. The van der Waals surface area contributed by atoms with Crippen molar-refractivity contribution in [1.82, 2.24) is 4.90 Å². The van der Waals surface area contributed by atoms with Crippen molar-refractivity contribution >= 4 is 28.9 Å². The van der Waals surface area contributed by atoms with Gasteiger partial charge in [0, 0.05) is 30.7 Å². The van der Waals surface area contributed by atoms with Crippen LogP contribution in [0, 0.1) is 24.2 Å².